The number of nitrogens with zero attached hydrogens (tertiary/aromatic N) is 1. The molecule has 0 aliphatic carbocycles. The Kier molecular flexibility index (Phi) is 6.75. The molecule has 2 unspecified atom stereocenters. The second-order valence-electron chi connectivity index (χ2n) is 5.48. The highest BCUT2D eigenvalue weighted by Crippen LogP contribution is 2.17. The van der Waals surface area contributed by atoms with Crippen molar-refractivity contribution in [2.24, 2.45) is 0 Å². The largest absolute Gasteiger partial charge is 0.468 e. The van der Waals surface area contributed by atoms with Crippen LogP contribution in [0.5, 0.6) is 0 Å². The van der Waals surface area contributed by atoms with Crippen LogP contribution in [0, 0.1) is 0 Å². The van der Waals surface area contributed by atoms with Gasteiger partial charge in [-0.2, -0.15) is 0 Å². The topological polar surface area (TPSA) is 50.8 Å². The van der Waals surface area contributed by atoms with E-state index in [9.17, 15) is 4.79 Å². The van der Waals surface area contributed by atoms with E-state index in [4.69, 9.17) is 9.47 Å². The van der Waals surface area contributed by atoms with Crippen molar-refractivity contribution in [3.05, 3.63) is 0 Å². The van der Waals surface area contributed by atoms with Crippen molar-refractivity contribution < 1.29 is 14.3 Å². The molecule has 0 amide bonds. The molecule has 1 rings (SSSR count). The van der Waals surface area contributed by atoms with E-state index in [2.05, 4.69) is 10.2 Å². The van der Waals surface area contributed by atoms with Crippen LogP contribution in [0.2, 0.25) is 0 Å². The molecule has 0 aromatic rings. The van der Waals surface area contributed by atoms with Crippen molar-refractivity contribution in [3.8, 4) is 0 Å². The van der Waals surface area contributed by atoms with Gasteiger partial charge in [0.1, 0.15) is 5.54 Å². The standard InChI is InChI=1S/C14H28N2O3/c1-14(15-2,13(17)19-4)8-6-10-16-9-5-7-12(11-16)18-3/h12,15H,5-11H2,1-4H3. The molecular formula is C14H28N2O3. The summed E-state index contributed by atoms with van der Waals surface area (Å²) in [6, 6.07) is 0. The maximum atomic E-state index is 11.7. The second kappa shape index (κ2) is 7.82. The fraction of sp³-hybridized carbons (Fsp3) is 0.929. The molecule has 0 aromatic heterocycles. The van der Waals surface area contributed by atoms with Crippen LogP contribution >= 0.6 is 0 Å². The van der Waals surface area contributed by atoms with Crippen LogP contribution < -0.4 is 5.32 Å². The summed E-state index contributed by atoms with van der Waals surface area (Å²) in [5.74, 6) is -0.191. The summed E-state index contributed by atoms with van der Waals surface area (Å²) in [7, 11) is 5.02. The van der Waals surface area contributed by atoms with Gasteiger partial charge in [0.2, 0.25) is 0 Å². The van der Waals surface area contributed by atoms with Crippen molar-refractivity contribution in [2.45, 2.75) is 44.2 Å². The van der Waals surface area contributed by atoms with Gasteiger partial charge in [0.25, 0.3) is 0 Å². The lowest BCUT2D eigenvalue weighted by atomic mass is 9.95. The van der Waals surface area contributed by atoms with Crippen molar-refractivity contribution in [3.63, 3.8) is 0 Å². The van der Waals surface area contributed by atoms with Gasteiger partial charge in [0.15, 0.2) is 0 Å². The Bertz CT molecular complexity index is 286. The molecule has 1 N–H and O–H groups in total. The quantitative estimate of drug-likeness (QED) is 0.702. The molecule has 1 heterocycles. The third-order valence-electron chi connectivity index (χ3n) is 4.13. The van der Waals surface area contributed by atoms with Crippen molar-refractivity contribution in [2.75, 3.05) is 40.9 Å². The summed E-state index contributed by atoms with van der Waals surface area (Å²) in [4.78, 5) is 14.1. The van der Waals surface area contributed by atoms with Gasteiger partial charge in [-0.15, -0.1) is 0 Å². The van der Waals surface area contributed by atoms with Gasteiger partial charge in [-0.3, -0.25) is 4.79 Å². The number of hydrogen-bond donors (Lipinski definition) is 1. The Labute approximate surface area is 116 Å². The zero-order valence-electron chi connectivity index (χ0n) is 12.7. The van der Waals surface area contributed by atoms with Gasteiger partial charge in [-0.25, -0.2) is 0 Å². The van der Waals surface area contributed by atoms with E-state index in [1.54, 1.807) is 14.2 Å². The second-order valence-corrected chi connectivity index (χ2v) is 5.48. The number of likely N-dealkylation sites (N-methyl/N-ethyl adjacent to an activating group) is 1. The van der Waals surface area contributed by atoms with E-state index in [0.29, 0.717) is 6.10 Å². The van der Waals surface area contributed by atoms with Gasteiger partial charge in [-0.05, 0) is 52.7 Å². The highest BCUT2D eigenvalue weighted by molar-refractivity contribution is 5.80. The highest BCUT2D eigenvalue weighted by Gasteiger charge is 2.32. The molecule has 0 spiro atoms. The minimum Gasteiger partial charge on any atom is -0.468 e. The first-order valence-electron chi connectivity index (χ1n) is 7.08. The molecule has 1 aliphatic rings. The van der Waals surface area contributed by atoms with E-state index in [1.165, 1.54) is 13.5 Å². The molecule has 19 heavy (non-hydrogen) atoms. The van der Waals surface area contributed by atoms with Crippen LogP contribution in [0.1, 0.15) is 32.6 Å². The van der Waals surface area contributed by atoms with Crippen LogP contribution in [0.4, 0.5) is 0 Å². The average molecular weight is 272 g/mol. The van der Waals surface area contributed by atoms with Gasteiger partial charge >= 0.3 is 5.97 Å². The van der Waals surface area contributed by atoms with Gasteiger partial charge in [0, 0.05) is 13.7 Å². The number of nitrogens with one attached hydrogen (secondary N) is 1. The monoisotopic (exact) mass is 272 g/mol. The molecule has 1 aliphatic heterocycles. The molecular weight excluding hydrogens is 244 g/mol. The first-order valence-corrected chi connectivity index (χ1v) is 7.08. The Morgan fingerprint density at radius 1 is 1.47 bits per heavy atom. The molecule has 1 fully saturated rings. The average Bonchev–Trinajstić information content (AvgIpc) is 2.46. The van der Waals surface area contributed by atoms with E-state index in [-0.39, 0.29) is 5.97 Å². The Morgan fingerprint density at radius 2 is 2.21 bits per heavy atom. The highest BCUT2D eigenvalue weighted by atomic mass is 16.5. The summed E-state index contributed by atoms with van der Waals surface area (Å²) in [5, 5.41) is 3.07. The zero-order chi connectivity index (χ0) is 14.3. The number of hydrogen-bond acceptors (Lipinski definition) is 5. The first-order chi connectivity index (χ1) is 9.05. The third kappa shape index (κ3) is 4.75. The molecule has 112 valence electrons. The maximum absolute atomic E-state index is 11.7. The van der Waals surface area contributed by atoms with Gasteiger partial charge in [0.05, 0.1) is 13.2 Å². The number of esters is 1. The van der Waals surface area contributed by atoms with Crippen LogP contribution in [0.15, 0.2) is 0 Å². The van der Waals surface area contributed by atoms with Gasteiger partial charge in [-0.1, -0.05) is 0 Å². The molecule has 5 nitrogen and oxygen atoms in total. The molecule has 1 saturated heterocycles. The predicted octanol–water partition coefficient (Wildman–Crippen LogP) is 1.03. The van der Waals surface area contributed by atoms with E-state index in [0.717, 1.165) is 38.9 Å². The number of rotatable bonds is 7. The Hall–Kier alpha value is -0.650. The molecule has 0 radical (unpaired) electrons. The Balaban J connectivity index is 2.34. The molecule has 2 atom stereocenters. The van der Waals surface area contributed by atoms with E-state index in [1.807, 2.05) is 6.92 Å². The predicted molar refractivity (Wildman–Crippen MR) is 75.2 cm³/mol. The summed E-state index contributed by atoms with van der Waals surface area (Å²) in [6.07, 6.45) is 4.47. The number of carbonyl (C=O) groups excluding carboxylic acids is 1. The number of methoxy groups -OCH3 is 2. The maximum Gasteiger partial charge on any atom is 0.325 e. The van der Waals surface area contributed by atoms with E-state index < -0.39 is 5.54 Å². The molecule has 0 aromatic carbocycles. The summed E-state index contributed by atoms with van der Waals surface area (Å²) >= 11 is 0. The summed E-state index contributed by atoms with van der Waals surface area (Å²) in [5.41, 5.74) is -0.578. The van der Waals surface area contributed by atoms with Crippen molar-refractivity contribution in [1.29, 1.82) is 0 Å². The molecule has 0 saturated carbocycles. The fourth-order valence-corrected chi connectivity index (χ4v) is 2.62. The van der Waals surface area contributed by atoms with Gasteiger partial charge < -0.3 is 19.7 Å². The lowest BCUT2D eigenvalue weighted by Gasteiger charge is -2.33. The first kappa shape index (κ1) is 16.4. The number of carbonyl (C=O) groups is 1. The lowest BCUT2D eigenvalue weighted by Crippen LogP contribution is -2.49. The Morgan fingerprint density at radius 3 is 2.79 bits per heavy atom. The van der Waals surface area contributed by atoms with Crippen LogP contribution in [-0.4, -0.2) is 63.4 Å². The number of likely N-dealkylation sites (tertiary alicyclic amines) is 1. The number of piperidine rings is 1. The minimum absolute atomic E-state index is 0.191. The minimum atomic E-state index is -0.578. The zero-order valence-corrected chi connectivity index (χ0v) is 12.7. The summed E-state index contributed by atoms with van der Waals surface area (Å²) in [6.45, 7) is 5.04. The van der Waals surface area contributed by atoms with Crippen LogP contribution in [0.25, 0.3) is 0 Å². The van der Waals surface area contributed by atoms with Crippen molar-refractivity contribution >= 4 is 5.97 Å². The van der Waals surface area contributed by atoms with Crippen LogP contribution in [0.3, 0.4) is 0 Å². The third-order valence-corrected chi connectivity index (χ3v) is 4.13. The number of ether oxygens (including phenoxy) is 2. The summed E-state index contributed by atoms with van der Waals surface area (Å²) < 4.78 is 10.3. The molecule has 5 heteroatoms. The normalized spacial score (nSPS) is 23.9. The molecule has 0 bridgehead atoms. The van der Waals surface area contributed by atoms with E-state index >= 15 is 0 Å². The van der Waals surface area contributed by atoms with Crippen molar-refractivity contribution in [1.82, 2.24) is 10.2 Å². The fourth-order valence-electron chi connectivity index (χ4n) is 2.62. The van der Waals surface area contributed by atoms with Crippen LogP contribution in [-0.2, 0) is 14.3 Å². The SMILES string of the molecule is CNC(C)(CCCN1CCCC(OC)C1)C(=O)OC. The lowest BCUT2D eigenvalue weighted by molar-refractivity contribution is -0.148. The smallest absolute Gasteiger partial charge is 0.325 e.